The summed E-state index contributed by atoms with van der Waals surface area (Å²) in [6.07, 6.45) is -0.852. The van der Waals surface area contributed by atoms with Crippen LogP contribution in [-0.2, 0) is 0 Å². The lowest BCUT2D eigenvalue weighted by Gasteiger charge is -2.27. The van der Waals surface area contributed by atoms with Crippen LogP contribution < -0.4 is 19.5 Å². The van der Waals surface area contributed by atoms with E-state index in [2.05, 4.69) is 5.32 Å². The molecule has 8 heteroatoms. The molecular formula is C18H20N2O6. The molecule has 2 N–H and O–H groups in total. The molecule has 3 rings (SSSR count). The van der Waals surface area contributed by atoms with Crippen molar-refractivity contribution in [3.8, 4) is 17.2 Å². The third kappa shape index (κ3) is 4.84. The minimum atomic E-state index is -0.720. The van der Waals surface area contributed by atoms with Gasteiger partial charge >= 0.3 is 0 Å². The molecule has 0 saturated heterocycles. The van der Waals surface area contributed by atoms with Gasteiger partial charge in [-0.2, -0.15) is 0 Å². The first-order valence-electron chi connectivity index (χ1n) is 8.26. The molecule has 0 spiro atoms. The van der Waals surface area contributed by atoms with Gasteiger partial charge in [-0.15, -0.1) is 0 Å². The molecule has 26 heavy (non-hydrogen) atoms. The maximum atomic E-state index is 10.6. The number of benzene rings is 2. The topological polar surface area (TPSA) is 103 Å². The Morgan fingerprint density at radius 1 is 1.23 bits per heavy atom. The number of ether oxygens (including phenoxy) is 3. The average molecular weight is 360 g/mol. The smallest absolute Gasteiger partial charge is 0.269 e. The summed E-state index contributed by atoms with van der Waals surface area (Å²) in [6.45, 7) is 1.38. The zero-order chi connectivity index (χ0) is 18.4. The molecule has 2 aromatic rings. The molecule has 0 aromatic heterocycles. The minimum Gasteiger partial charge on any atom is -0.491 e. The fraction of sp³-hybridized carbons (Fsp3) is 0.333. The number of nitro groups is 1. The highest BCUT2D eigenvalue weighted by molar-refractivity contribution is 5.40. The van der Waals surface area contributed by atoms with E-state index < -0.39 is 11.0 Å². The molecule has 0 saturated carbocycles. The van der Waals surface area contributed by atoms with E-state index in [4.69, 9.17) is 14.2 Å². The van der Waals surface area contributed by atoms with Gasteiger partial charge in [0.15, 0.2) is 11.5 Å². The number of rotatable bonds is 8. The van der Waals surface area contributed by atoms with E-state index in [1.54, 1.807) is 0 Å². The molecule has 0 fully saturated rings. The first kappa shape index (κ1) is 18.0. The Balaban J connectivity index is 1.35. The third-order valence-electron chi connectivity index (χ3n) is 3.81. The van der Waals surface area contributed by atoms with Crippen LogP contribution in [-0.4, -0.2) is 48.5 Å². The van der Waals surface area contributed by atoms with Gasteiger partial charge in [-0.1, -0.05) is 12.1 Å². The largest absolute Gasteiger partial charge is 0.491 e. The number of nitrogens with zero attached hydrogens (tertiary/aromatic N) is 1. The molecule has 0 aliphatic carbocycles. The Hall–Kier alpha value is -2.84. The SMILES string of the molecule is O=[N+]([O-])c1ccc(OC[C@H](O)CNC[C@H]2COc3ccccc3O2)cc1. The van der Waals surface area contributed by atoms with Gasteiger partial charge in [-0.3, -0.25) is 10.1 Å². The summed E-state index contributed by atoms with van der Waals surface area (Å²) in [6, 6.07) is 13.2. The van der Waals surface area contributed by atoms with Crippen molar-refractivity contribution in [3.05, 3.63) is 58.6 Å². The second kappa shape index (κ2) is 8.50. The highest BCUT2D eigenvalue weighted by Crippen LogP contribution is 2.30. The zero-order valence-corrected chi connectivity index (χ0v) is 14.0. The van der Waals surface area contributed by atoms with E-state index >= 15 is 0 Å². The van der Waals surface area contributed by atoms with Gasteiger partial charge in [-0.05, 0) is 24.3 Å². The Labute approximate surface area is 150 Å². The summed E-state index contributed by atoms with van der Waals surface area (Å²) in [7, 11) is 0. The number of fused-ring (bicyclic) bond motifs is 1. The van der Waals surface area contributed by atoms with Gasteiger partial charge in [-0.25, -0.2) is 0 Å². The van der Waals surface area contributed by atoms with Gasteiger partial charge in [0.25, 0.3) is 5.69 Å². The van der Waals surface area contributed by atoms with Crippen LogP contribution in [0.5, 0.6) is 17.2 Å². The number of para-hydroxylation sites is 2. The van der Waals surface area contributed by atoms with E-state index in [9.17, 15) is 15.2 Å². The Morgan fingerprint density at radius 2 is 1.96 bits per heavy atom. The van der Waals surface area contributed by atoms with Crippen LogP contribution in [0.4, 0.5) is 5.69 Å². The van der Waals surface area contributed by atoms with Gasteiger partial charge in [0.1, 0.15) is 31.2 Å². The molecule has 2 atom stereocenters. The number of nitrogens with one attached hydrogen (secondary N) is 1. The maximum Gasteiger partial charge on any atom is 0.269 e. The Bertz CT molecular complexity index is 737. The summed E-state index contributed by atoms with van der Waals surface area (Å²) in [5, 5.41) is 23.7. The zero-order valence-electron chi connectivity index (χ0n) is 14.0. The molecule has 0 unspecified atom stereocenters. The van der Waals surface area contributed by atoms with Gasteiger partial charge in [0.05, 0.1) is 4.92 Å². The predicted octanol–water partition coefficient (Wildman–Crippen LogP) is 1.76. The standard InChI is InChI=1S/C18H20N2O6/c21-14(11-24-15-7-5-13(6-8-15)20(22)23)9-19-10-16-12-25-17-3-1-2-4-18(17)26-16/h1-8,14,16,19,21H,9-12H2/t14-,16+/m1/s1. The Morgan fingerprint density at radius 3 is 2.69 bits per heavy atom. The molecule has 1 aliphatic rings. The van der Waals surface area contributed by atoms with Crippen LogP contribution in [0.25, 0.3) is 0 Å². The van der Waals surface area contributed by atoms with Crippen molar-refractivity contribution in [1.29, 1.82) is 0 Å². The molecule has 2 aromatic carbocycles. The lowest BCUT2D eigenvalue weighted by Crippen LogP contribution is -2.41. The fourth-order valence-corrected chi connectivity index (χ4v) is 2.49. The van der Waals surface area contributed by atoms with Crippen molar-refractivity contribution < 1.29 is 24.2 Å². The molecule has 1 heterocycles. The summed E-state index contributed by atoms with van der Waals surface area (Å²) < 4.78 is 16.9. The van der Waals surface area contributed by atoms with Crippen LogP contribution >= 0.6 is 0 Å². The van der Waals surface area contributed by atoms with Crippen molar-refractivity contribution in [2.45, 2.75) is 12.2 Å². The van der Waals surface area contributed by atoms with E-state index in [1.807, 2.05) is 24.3 Å². The molecule has 0 amide bonds. The van der Waals surface area contributed by atoms with E-state index in [0.29, 0.717) is 31.2 Å². The van der Waals surface area contributed by atoms with Crippen LogP contribution in [0.3, 0.4) is 0 Å². The quantitative estimate of drug-likeness (QED) is 0.546. The van der Waals surface area contributed by atoms with Crippen LogP contribution in [0.15, 0.2) is 48.5 Å². The second-order valence-electron chi connectivity index (χ2n) is 5.87. The van der Waals surface area contributed by atoms with Crippen LogP contribution in [0.1, 0.15) is 0 Å². The molecule has 8 nitrogen and oxygen atoms in total. The van der Waals surface area contributed by atoms with E-state index in [0.717, 1.165) is 5.75 Å². The first-order valence-corrected chi connectivity index (χ1v) is 8.26. The van der Waals surface area contributed by atoms with Crippen LogP contribution in [0, 0.1) is 10.1 Å². The van der Waals surface area contributed by atoms with E-state index in [-0.39, 0.29) is 18.4 Å². The molecule has 138 valence electrons. The van der Waals surface area contributed by atoms with E-state index in [1.165, 1.54) is 24.3 Å². The first-order chi connectivity index (χ1) is 12.6. The maximum absolute atomic E-state index is 10.6. The van der Waals surface area contributed by atoms with Gasteiger partial charge < -0.3 is 24.6 Å². The number of aliphatic hydroxyl groups is 1. The highest BCUT2D eigenvalue weighted by Gasteiger charge is 2.20. The lowest BCUT2D eigenvalue weighted by atomic mass is 10.2. The predicted molar refractivity (Wildman–Crippen MR) is 93.8 cm³/mol. The van der Waals surface area contributed by atoms with Gasteiger partial charge in [0, 0.05) is 25.2 Å². The summed E-state index contributed by atoms with van der Waals surface area (Å²) >= 11 is 0. The summed E-state index contributed by atoms with van der Waals surface area (Å²) in [5.74, 6) is 1.92. The summed E-state index contributed by atoms with van der Waals surface area (Å²) in [5.41, 5.74) is -0.00385. The normalized spacial score (nSPS) is 16.7. The van der Waals surface area contributed by atoms with Crippen molar-refractivity contribution in [1.82, 2.24) is 5.32 Å². The number of hydrogen-bond acceptors (Lipinski definition) is 7. The minimum absolute atomic E-state index is 0.00385. The van der Waals surface area contributed by atoms with Crippen molar-refractivity contribution in [2.24, 2.45) is 0 Å². The molecule has 0 bridgehead atoms. The molecular weight excluding hydrogens is 340 g/mol. The summed E-state index contributed by atoms with van der Waals surface area (Å²) in [4.78, 5) is 10.1. The highest BCUT2D eigenvalue weighted by atomic mass is 16.6. The number of nitro benzene ring substituents is 1. The molecule has 0 radical (unpaired) electrons. The van der Waals surface area contributed by atoms with Gasteiger partial charge in [0.2, 0.25) is 0 Å². The fourth-order valence-electron chi connectivity index (χ4n) is 2.49. The van der Waals surface area contributed by atoms with Crippen LogP contribution in [0.2, 0.25) is 0 Å². The van der Waals surface area contributed by atoms with Crippen molar-refractivity contribution >= 4 is 5.69 Å². The molecule has 1 aliphatic heterocycles. The third-order valence-corrected chi connectivity index (χ3v) is 3.81. The second-order valence-corrected chi connectivity index (χ2v) is 5.87. The average Bonchev–Trinajstić information content (AvgIpc) is 2.66. The van der Waals surface area contributed by atoms with Crippen molar-refractivity contribution in [2.75, 3.05) is 26.3 Å². The lowest BCUT2D eigenvalue weighted by molar-refractivity contribution is -0.384. The number of aliphatic hydroxyl groups excluding tert-OH is 1. The Kier molecular flexibility index (Phi) is 5.88. The monoisotopic (exact) mass is 360 g/mol. The van der Waals surface area contributed by atoms with Crippen molar-refractivity contribution in [3.63, 3.8) is 0 Å². The number of non-ortho nitro benzene ring substituents is 1. The number of hydrogen-bond donors (Lipinski definition) is 2.